The van der Waals surface area contributed by atoms with Gasteiger partial charge in [0.05, 0.1) is 27.0 Å². The second-order valence-electron chi connectivity index (χ2n) is 5.39. The summed E-state index contributed by atoms with van der Waals surface area (Å²) in [6, 6.07) is 13.9. The van der Waals surface area contributed by atoms with Crippen molar-refractivity contribution >= 4 is 55.4 Å². The highest BCUT2D eigenvalue weighted by Crippen LogP contribution is 2.26. The number of thioether (sulfide) groups is 1. The predicted molar refractivity (Wildman–Crippen MR) is 99.8 cm³/mol. The van der Waals surface area contributed by atoms with E-state index in [1.54, 1.807) is 0 Å². The highest BCUT2D eigenvalue weighted by Gasteiger charge is 2.10. The van der Waals surface area contributed by atoms with Crippen molar-refractivity contribution in [1.29, 1.82) is 0 Å². The van der Waals surface area contributed by atoms with E-state index in [2.05, 4.69) is 20.3 Å². The number of hydrogen-bond acceptors (Lipinski definition) is 5. The van der Waals surface area contributed by atoms with Crippen molar-refractivity contribution in [3.63, 3.8) is 0 Å². The molecule has 2 aromatic heterocycles. The zero-order valence-electron chi connectivity index (χ0n) is 12.9. The summed E-state index contributed by atoms with van der Waals surface area (Å²) >= 11 is 2.86. The molecule has 0 saturated carbocycles. The summed E-state index contributed by atoms with van der Waals surface area (Å²) in [5.41, 5.74) is 3.98. The summed E-state index contributed by atoms with van der Waals surface area (Å²) < 4.78 is 1.06. The fraction of sp³-hybridized carbons (Fsp3) is 0.118. The fourth-order valence-electron chi connectivity index (χ4n) is 2.38. The number of anilines is 1. The number of amides is 1. The number of aromatic amines is 1. The molecule has 0 aliphatic carbocycles. The highest BCUT2D eigenvalue weighted by atomic mass is 32.2. The molecule has 2 heterocycles. The molecule has 5 nitrogen and oxygen atoms in total. The number of imidazole rings is 1. The maximum absolute atomic E-state index is 12.1. The highest BCUT2D eigenvalue weighted by molar-refractivity contribution is 7.99. The molecule has 0 unspecified atom stereocenters. The van der Waals surface area contributed by atoms with Crippen LogP contribution in [0.5, 0.6) is 0 Å². The molecule has 0 fully saturated rings. The first-order chi connectivity index (χ1) is 11.7. The van der Waals surface area contributed by atoms with Gasteiger partial charge in [-0.15, -0.1) is 0 Å². The van der Waals surface area contributed by atoms with Crippen molar-refractivity contribution in [2.45, 2.75) is 12.1 Å². The molecule has 0 atom stereocenters. The predicted octanol–water partition coefficient (Wildman–Crippen LogP) is 4.21. The van der Waals surface area contributed by atoms with Gasteiger partial charge in [0, 0.05) is 0 Å². The third kappa shape index (κ3) is 3.13. The van der Waals surface area contributed by atoms with Gasteiger partial charge < -0.3 is 10.3 Å². The van der Waals surface area contributed by atoms with Gasteiger partial charge in [-0.1, -0.05) is 41.3 Å². The van der Waals surface area contributed by atoms with Crippen LogP contribution in [0.4, 0.5) is 5.13 Å². The normalized spacial score (nSPS) is 11.2. The van der Waals surface area contributed by atoms with Crippen molar-refractivity contribution in [3.05, 3.63) is 48.0 Å². The van der Waals surface area contributed by atoms with E-state index < -0.39 is 0 Å². The Kier molecular flexibility index (Phi) is 3.95. The molecule has 0 aliphatic rings. The summed E-state index contributed by atoms with van der Waals surface area (Å²) in [6.45, 7) is 2.04. The number of aromatic nitrogens is 3. The minimum atomic E-state index is -0.0873. The molecule has 1 amide bonds. The van der Waals surface area contributed by atoms with Gasteiger partial charge in [-0.25, -0.2) is 9.97 Å². The number of hydrogen-bond donors (Lipinski definition) is 2. The Bertz CT molecular complexity index is 1000. The Morgan fingerprint density at radius 1 is 1.21 bits per heavy atom. The number of aryl methyl sites for hydroxylation is 1. The van der Waals surface area contributed by atoms with Gasteiger partial charge in [0.25, 0.3) is 0 Å². The smallest absolute Gasteiger partial charge is 0.236 e. The molecule has 120 valence electrons. The van der Waals surface area contributed by atoms with Gasteiger partial charge in [0.2, 0.25) is 5.91 Å². The van der Waals surface area contributed by atoms with Crippen LogP contribution >= 0.6 is 23.1 Å². The minimum absolute atomic E-state index is 0.0873. The van der Waals surface area contributed by atoms with Crippen molar-refractivity contribution in [3.8, 4) is 0 Å². The topological polar surface area (TPSA) is 70.7 Å². The molecule has 2 aromatic carbocycles. The van der Waals surface area contributed by atoms with Gasteiger partial charge in [0.1, 0.15) is 0 Å². The number of thiazole rings is 1. The van der Waals surface area contributed by atoms with Crippen molar-refractivity contribution in [2.24, 2.45) is 0 Å². The molecule has 0 radical (unpaired) electrons. The molecule has 0 aliphatic heterocycles. The first-order valence-corrected chi connectivity index (χ1v) is 9.22. The summed E-state index contributed by atoms with van der Waals surface area (Å²) in [5, 5.41) is 4.22. The van der Waals surface area contributed by atoms with Gasteiger partial charge in [-0.2, -0.15) is 0 Å². The number of carbonyl (C=O) groups is 1. The fourth-order valence-corrected chi connectivity index (χ4v) is 3.95. The second-order valence-corrected chi connectivity index (χ2v) is 7.38. The van der Waals surface area contributed by atoms with Crippen LogP contribution < -0.4 is 5.32 Å². The van der Waals surface area contributed by atoms with Gasteiger partial charge >= 0.3 is 0 Å². The molecule has 4 aromatic rings. The Balaban J connectivity index is 1.41. The SMILES string of the molecule is Cc1ccc2nc(SCC(=O)Nc3nc4ccccc4s3)[nH]c2c1. The number of para-hydroxylation sites is 1. The summed E-state index contributed by atoms with van der Waals surface area (Å²) in [6.07, 6.45) is 0. The van der Waals surface area contributed by atoms with Crippen molar-refractivity contribution in [2.75, 3.05) is 11.1 Å². The quantitative estimate of drug-likeness (QED) is 0.539. The third-order valence-electron chi connectivity index (χ3n) is 3.50. The molecule has 0 saturated heterocycles. The largest absolute Gasteiger partial charge is 0.333 e. The van der Waals surface area contributed by atoms with E-state index in [-0.39, 0.29) is 11.7 Å². The van der Waals surface area contributed by atoms with E-state index in [4.69, 9.17) is 0 Å². The molecular weight excluding hydrogens is 340 g/mol. The van der Waals surface area contributed by atoms with Gasteiger partial charge in [-0.3, -0.25) is 4.79 Å². The molecule has 2 N–H and O–H groups in total. The number of rotatable bonds is 4. The zero-order valence-corrected chi connectivity index (χ0v) is 14.5. The number of carbonyl (C=O) groups excluding carboxylic acids is 1. The maximum Gasteiger partial charge on any atom is 0.236 e. The van der Waals surface area contributed by atoms with Crippen LogP contribution in [0.15, 0.2) is 47.6 Å². The summed E-state index contributed by atoms with van der Waals surface area (Å²) in [5.74, 6) is 0.199. The zero-order chi connectivity index (χ0) is 16.5. The molecule has 4 rings (SSSR count). The monoisotopic (exact) mass is 354 g/mol. The lowest BCUT2D eigenvalue weighted by atomic mass is 10.2. The van der Waals surface area contributed by atoms with E-state index >= 15 is 0 Å². The van der Waals surface area contributed by atoms with E-state index in [1.165, 1.54) is 28.7 Å². The Hall–Kier alpha value is -2.38. The first kappa shape index (κ1) is 15.2. The minimum Gasteiger partial charge on any atom is -0.333 e. The number of nitrogens with one attached hydrogen (secondary N) is 2. The second kappa shape index (κ2) is 6.26. The molecule has 0 bridgehead atoms. The molecule has 24 heavy (non-hydrogen) atoms. The number of benzene rings is 2. The van der Waals surface area contributed by atoms with E-state index in [1.807, 2.05) is 49.4 Å². The van der Waals surface area contributed by atoms with Crippen molar-refractivity contribution < 1.29 is 4.79 Å². The first-order valence-electron chi connectivity index (χ1n) is 7.42. The van der Waals surface area contributed by atoms with Crippen LogP contribution in [0, 0.1) is 6.92 Å². The average Bonchev–Trinajstić information content (AvgIpc) is 3.15. The van der Waals surface area contributed by atoms with Crippen molar-refractivity contribution in [1.82, 2.24) is 15.0 Å². The van der Waals surface area contributed by atoms with Crippen LogP contribution in [-0.4, -0.2) is 26.6 Å². The molecule has 0 spiro atoms. The Morgan fingerprint density at radius 2 is 2.08 bits per heavy atom. The molecule has 7 heteroatoms. The standard InChI is InChI=1S/C17H14N4OS2/c1-10-6-7-11-13(8-10)20-16(18-11)23-9-15(22)21-17-19-12-4-2-3-5-14(12)24-17/h2-8H,9H2,1H3,(H,18,20)(H,19,21,22). The lowest BCUT2D eigenvalue weighted by Crippen LogP contribution is -2.13. The van der Waals surface area contributed by atoms with Crippen LogP contribution in [-0.2, 0) is 4.79 Å². The van der Waals surface area contributed by atoms with Crippen LogP contribution in [0.2, 0.25) is 0 Å². The Morgan fingerprint density at radius 3 is 2.96 bits per heavy atom. The third-order valence-corrected chi connectivity index (χ3v) is 5.32. The summed E-state index contributed by atoms with van der Waals surface area (Å²) in [7, 11) is 0. The lowest BCUT2D eigenvalue weighted by Gasteiger charge is -1.99. The maximum atomic E-state index is 12.1. The van der Waals surface area contributed by atoms with Crippen LogP contribution in [0.25, 0.3) is 21.3 Å². The van der Waals surface area contributed by atoms with E-state index in [9.17, 15) is 4.79 Å². The van der Waals surface area contributed by atoms with E-state index in [0.717, 1.165) is 26.4 Å². The average molecular weight is 354 g/mol. The Labute approximate surface area is 146 Å². The van der Waals surface area contributed by atoms with E-state index in [0.29, 0.717) is 5.13 Å². The molecular formula is C17H14N4OS2. The lowest BCUT2D eigenvalue weighted by molar-refractivity contribution is -0.113. The van der Waals surface area contributed by atoms with Crippen LogP contribution in [0.3, 0.4) is 0 Å². The van der Waals surface area contributed by atoms with Gasteiger partial charge in [0.15, 0.2) is 10.3 Å². The van der Waals surface area contributed by atoms with Gasteiger partial charge in [-0.05, 0) is 36.8 Å². The summed E-state index contributed by atoms with van der Waals surface area (Å²) in [4.78, 5) is 24.2. The number of H-pyrrole nitrogens is 1. The van der Waals surface area contributed by atoms with Crippen LogP contribution in [0.1, 0.15) is 5.56 Å². The number of nitrogens with zero attached hydrogens (tertiary/aromatic N) is 2. The number of fused-ring (bicyclic) bond motifs is 2.